The summed E-state index contributed by atoms with van der Waals surface area (Å²) in [7, 11) is 0. The van der Waals surface area contributed by atoms with Crippen LogP contribution in [0.15, 0.2) is 40.9 Å². The Kier molecular flexibility index (Phi) is 7.74. The van der Waals surface area contributed by atoms with Crippen molar-refractivity contribution in [2.75, 3.05) is 0 Å². The van der Waals surface area contributed by atoms with Crippen LogP contribution in [0.1, 0.15) is 53.5 Å². The van der Waals surface area contributed by atoms with Crippen molar-refractivity contribution in [3.63, 3.8) is 0 Å². The summed E-state index contributed by atoms with van der Waals surface area (Å²) < 4.78 is 21.8. The number of hydrogen-bond acceptors (Lipinski definition) is 4. The van der Waals surface area contributed by atoms with E-state index in [4.69, 9.17) is 4.74 Å². The van der Waals surface area contributed by atoms with Crippen LogP contribution in [0.3, 0.4) is 0 Å². The Morgan fingerprint density at radius 3 is 2.24 bits per heavy atom. The number of carbonyl (C=O) groups excluding carboxylic acids is 1. The summed E-state index contributed by atoms with van der Waals surface area (Å²) in [6.07, 6.45) is 0.0134. The molecule has 4 nitrogen and oxygen atoms in total. The van der Waals surface area contributed by atoms with Crippen LogP contribution >= 0.6 is 15.9 Å². The van der Waals surface area contributed by atoms with Crippen molar-refractivity contribution in [2.45, 2.75) is 64.4 Å². The van der Waals surface area contributed by atoms with Gasteiger partial charge in [0.25, 0.3) is 0 Å². The SMILES string of the molecule is C=C(C)C[C@](N[S+]([O-])C(C)(C)C)(C(=O)OC(C)C)c1ccc(Br)cc1. The highest BCUT2D eigenvalue weighted by atomic mass is 79.9. The molecule has 0 fully saturated rings. The first-order valence-electron chi connectivity index (χ1n) is 8.19. The third-order valence-corrected chi connectivity index (χ3v) is 5.59. The lowest BCUT2D eigenvalue weighted by Gasteiger charge is -2.36. The van der Waals surface area contributed by atoms with E-state index in [0.29, 0.717) is 12.0 Å². The summed E-state index contributed by atoms with van der Waals surface area (Å²) in [6, 6.07) is 7.38. The van der Waals surface area contributed by atoms with Gasteiger partial charge in [0, 0.05) is 22.3 Å². The molecule has 25 heavy (non-hydrogen) atoms. The van der Waals surface area contributed by atoms with Gasteiger partial charge in [-0.1, -0.05) is 33.6 Å². The van der Waals surface area contributed by atoms with Gasteiger partial charge in [-0.25, -0.2) is 4.79 Å². The third-order valence-electron chi connectivity index (χ3n) is 3.42. The van der Waals surface area contributed by atoms with Crippen molar-refractivity contribution in [3.05, 3.63) is 46.5 Å². The lowest BCUT2D eigenvalue weighted by molar-refractivity contribution is -0.155. The largest absolute Gasteiger partial charge is 0.598 e. The molecule has 0 amide bonds. The van der Waals surface area contributed by atoms with Gasteiger partial charge in [-0.15, -0.1) is 11.3 Å². The topological polar surface area (TPSA) is 61.4 Å². The van der Waals surface area contributed by atoms with Gasteiger partial charge in [-0.05, 0) is 59.2 Å². The van der Waals surface area contributed by atoms with E-state index in [1.807, 2.05) is 52.0 Å². The van der Waals surface area contributed by atoms with Gasteiger partial charge in [0.15, 0.2) is 5.54 Å². The van der Waals surface area contributed by atoms with E-state index in [0.717, 1.165) is 10.0 Å². The predicted molar refractivity (Wildman–Crippen MR) is 108 cm³/mol. The quantitative estimate of drug-likeness (QED) is 0.390. The molecule has 0 aliphatic rings. The fraction of sp³-hybridized carbons (Fsp3) is 0.526. The first-order chi connectivity index (χ1) is 11.4. The van der Waals surface area contributed by atoms with Crippen LogP contribution in [0, 0.1) is 0 Å². The summed E-state index contributed by atoms with van der Waals surface area (Å²) in [6.45, 7) is 15.0. The minimum Gasteiger partial charge on any atom is -0.598 e. The molecule has 6 heteroatoms. The van der Waals surface area contributed by atoms with E-state index in [9.17, 15) is 9.35 Å². The molecule has 2 atom stereocenters. The molecule has 1 aromatic rings. The second-order valence-corrected chi connectivity index (χ2v) is 10.4. The number of benzene rings is 1. The highest BCUT2D eigenvalue weighted by molar-refractivity contribution is 9.10. The summed E-state index contributed by atoms with van der Waals surface area (Å²) in [5, 5.41) is 0. The van der Waals surface area contributed by atoms with E-state index in [1.54, 1.807) is 13.8 Å². The third kappa shape index (κ3) is 6.13. The zero-order valence-corrected chi connectivity index (χ0v) is 18.2. The van der Waals surface area contributed by atoms with Crippen LogP contribution in [0.4, 0.5) is 0 Å². The molecule has 0 radical (unpaired) electrons. The second-order valence-electron chi connectivity index (χ2n) is 7.48. The maximum absolute atomic E-state index is 13.1. The molecule has 0 heterocycles. The van der Waals surface area contributed by atoms with E-state index in [-0.39, 0.29) is 6.10 Å². The van der Waals surface area contributed by atoms with Crippen molar-refractivity contribution in [2.24, 2.45) is 0 Å². The van der Waals surface area contributed by atoms with Crippen molar-refractivity contribution in [1.29, 1.82) is 0 Å². The molecular weight excluding hydrogens is 402 g/mol. The number of esters is 1. The van der Waals surface area contributed by atoms with Crippen molar-refractivity contribution in [3.8, 4) is 0 Å². The predicted octanol–water partition coefficient (Wildman–Crippen LogP) is 4.61. The molecule has 0 aromatic heterocycles. The molecule has 1 unspecified atom stereocenters. The highest BCUT2D eigenvalue weighted by Crippen LogP contribution is 2.34. The number of hydrogen-bond donors (Lipinski definition) is 1. The fourth-order valence-electron chi connectivity index (χ4n) is 2.24. The first kappa shape index (κ1) is 22.2. The lowest BCUT2D eigenvalue weighted by atomic mass is 9.85. The highest BCUT2D eigenvalue weighted by Gasteiger charge is 2.48. The van der Waals surface area contributed by atoms with Gasteiger partial charge >= 0.3 is 5.97 Å². The van der Waals surface area contributed by atoms with Gasteiger partial charge in [0.05, 0.1) is 6.10 Å². The minimum absolute atomic E-state index is 0.280. The Bertz CT molecular complexity index is 610. The minimum atomic E-state index is -1.47. The molecule has 0 spiro atoms. The standard InChI is InChI=1S/C19H28BrNO3S/c1-13(2)12-19(17(22)24-14(3)4,21-25(23)18(5,6)7)15-8-10-16(20)11-9-15/h8-11,14,21H,1,12H2,2-7H3/t19-,25?/m1/s1. The van der Waals surface area contributed by atoms with E-state index >= 15 is 0 Å². The number of halogens is 1. The summed E-state index contributed by atoms with van der Waals surface area (Å²) >= 11 is 1.94. The van der Waals surface area contributed by atoms with E-state index in [1.165, 1.54) is 0 Å². The molecule has 1 aromatic carbocycles. The Balaban J connectivity index is 3.48. The maximum Gasteiger partial charge on any atom is 0.336 e. The molecule has 0 saturated heterocycles. The summed E-state index contributed by atoms with van der Waals surface area (Å²) in [4.78, 5) is 13.1. The summed E-state index contributed by atoms with van der Waals surface area (Å²) in [5.74, 6) is -0.453. The lowest BCUT2D eigenvalue weighted by Crippen LogP contribution is -2.56. The van der Waals surface area contributed by atoms with Crippen molar-refractivity contribution < 1.29 is 14.1 Å². The first-order valence-corrected chi connectivity index (χ1v) is 10.1. The number of carbonyl (C=O) groups is 1. The van der Waals surface area contributed by atoms with Crippen LogP contribution in [0.5, 0.6) is 0 Å². The Labute approximate surface area is 162 Å². The smallest absolute Gasteiger partial charge is 0.336 e. The molecule has 0 aliphatic carbocycles. The van der Waals surface area contributed by atoms with Crippen LogP contribution in [-0.2, 0) is 26.4 Å². The van der Waals surface area contributed by atoms with Gasteiger partial charge in [-0.2, -0.15) is 0 Å². The van der Waals surface area contributed by atoms with E-state index in [2.05, 4.69) is 27.2 Å². The fourth-order valence-corrected chi connectivity index (χ4v) is 3.40. The molecule has 0 aliphatic heterocycles. The Morgan fingerprint density at radius 2 is 1.84 bits per heavy atom. The second kappa shape index (κ2) is 8.71. The van der Waals surface area contributed by atoms with Crippen LogP contribution in [0.25, 0.3) is 0 Å². The molecule has 0 saturated carbocycles. The zero-order valence-electron chi connectivity index (χ0n) is 15.8. The Morgan fingerprint density at radius 1 is 1.32 bits per heavy atom. The monoisotopic (exact) mass is 429 g/mol. The van der Waals surface area contributed by atoms with Gasteiger partial charge in [0.2, 0.25) is 0 Å². The number of rotatable bonds is 7. The number of nitrogens with one attached hydrogen (secondary N) is 1. The molecule has 140 valence electrons. The zero-order chi connectivity index (χ0) is 19.4. The number of ether oxygens (including phenoxy) is 1. The molecular formula is C19H28BrNO3S. The van der Waals surface area contributed by atoms with Crippen molar-refractivity contribution in [1.82, 2.24) is 4.72 Å². The average molecular weight is 430 g/mol. The van der Waals surface area contributed by atoms with Gasteiger partial charge in [-0.3, -0.25) is 0 Å². The molecule has 1 N–H and O–H groups in total. The maximum atomic E-state index is 13.1. The average Bonchev–Trinajstić information content (AvgIpc) is 2.44. The summed E-state index contributed by atoms with van der Waals surface area (Å²) in [5.41, 5.74) is 0.235. The van der Waals surface area contributed by atoms with E-state index < -0.39 is 27.6 Å². The molecule has 0 bridgehead atoms. The van der Waals surface area contributed by atoms with Crippen LogP contribution in [-0.4, -0.2) is 21.4 Å². The van der Waals surface area contributed by atoms with Crippen LogP contribution in [0.2, 0.25) is 0 Å². The Hall–Kier alpha value is -0.820. The molecule has 1 rings (SSSR count). The normalized spacial score (nSPS) is 15.6. The van der Waals surface area contributed by atoms with Crippen LogP contribution < -0.4 is 4.72 Å². The van der Waals surface area contributed by atoms with Gasteiger partial charge < -0.3 is 9.29 Å². The van der Waals surface area contributed by atoms with Crippen molar-refractivity contribution >= 4 is 33.3 Å². The van der Waals surface area contributed by atoms with Gasteiger partial charge in [0.1, 0.15) is 4.75 Å².